The smallest absolute Gasteiger partial charge is 0.219 e. The van der Waals surface area contributed by atoms with Crippen LogP contribution in [0.1, 0.15) is 32.4 Å². The molecule has 1 aromatic rings. The standard InChI is InChI=1S/C14H22FNO3S/c1-5-16(20(17,18)11(2)10-19-4)12(3)13-6-8-14(15)9-7-13/h6-9,11-12H,5,10H2,1-4H3/t11-,12-/m0/s1. The number of ether oxygens (including phenoxy) is 1. The van der Waals surface area contributed by atoms with E-state index < -0.39 is 15.3 Å². The number of hydrogen-bond donors (Lipinski definition) is 0. The summed E-state index contributed by atoms with van der Waals surface area (Å²) in [6.07, 6.45) is 0. The third-order valence-electron chi connectivity index (χ3n) is 3.33. The van der Waals surface area contributed by atoms with E-state index in [1.165, 1.54) is 23.5 Å². The number of nitrogens with zero attached hydrogens (tertiary/aromatic N) is 1. The Hall–Kier alpha value is -0.980. The Morgan fingerprint density at radius 3 is 2.25 bits per heavy atom. The molecule has 0 unspecified atom stereocenters. The van der Waals surface area contributed by atoms with Crippen molar-refractivity contribution in [2.24, 2.45) is 0 Å². The summed E-state index contributed by atoms with van der Waals surface area (Å²) in [4.78, 5) is 0. The summed E-state index contributed by atoms with van der Waals surface area (Å²) in [6.45, 7) is 5.72. The summed E-state index contributed by atoms with van der Waals surface area (Å²) in [6, 6.07) is 5.55. The number of benzene rings is 1. The van der Waals surface area contributed by atoms with Crippen LogP contribution in [0.15, 0.2) is 24.3 Å². The van der Waals surface area contributed by atoms with Crippen molar-refractivity contribution in [1.82, 2.24) is 4.31 Å². The third kappa shape index (κ3) is 3.77. The van der Waals surface area contributed by atoms with Crippen molar-refractivity contribution < 1.29 is 17.5 Å². The highest BCUT2D eigenvalue weighted by Crippen LogP contribution is 2.25. The first kappa shape index (κ1) is 17.1. The summed E-state index contributed by atoms with van der Waals surface area (Å²) in [5.41, 5.74) is 0.765. The topological polar surface area (TPSA) is 46.6 Å². The Bertz CT molecular complexity index is 516. The van der Waals surface area contributed by atoms with Gasteiger partial charge in [-0.25, -0.2) is 12.8 Å². The molecule has 0 aliphatic carbocycles. The lowest BCUT2D eigenvalue weighted by molar-refractivity contribution is 0.197. The minimum atomic E-state index is -3.46. The van der Waals surface area contributed by atoms with Crippen molar-refractivity contribution in [2.45, 2.75) is 32.1 Å². The fourth-order valence-corrected chi connectivity index (χ4v) is 3.83. The zero-order valence-electron chi connectivity index (χ0n) is 12.3. The number of rotatable bonds is 7. The summed E-state index contributed by atoms with van der Waals surface area (Å²) in [7, 11) is -1.98. The Labute approximate surface area is 120 Å². The van der Waals surface area contributed by atoms with Crippen molar-refractivity contribution in [1.29, 1.82) is 0 Å². The molecule has 4 nitrogen and oxygen atoms in total. The van der Waals surface area contributed by atoms with Crippen molar-refractivity contribution in [3.63, 3.8) is 0 Å². The van der Waals surface area contributed by atoms with Crippen LogP contribution >= 0.6 is 0 Å². The maximum Gasteiger partial charge on any atom is 0.219 e. The van der Waals surface area contributed by atoms with Gasteiger partial charge in [0.05, 0.1) is 11.9 Å². The van der Waals surface area contributed by atoms with Gasteiger partial charge < -0.3 is 4.74 Å². The monoisotopic (exact) mass is 303 g/mol. The van der Waals surface area contributed by atoms with Gasteiger partial charge in [0, 0.05) is 19.7 Å². The molecule has 20 heavy (non-hydrogen) atoms. The molecule has 0 aliphatic heterocycles. The number of hydrogen-bond acceptors (Lipinski definition) is 3. The Balaban J connectivity index is 3.03. The van der Waals surface area contributed by atoms with Gasteiger partial charge in [-0.3, -0.25) is 0 Å². The molecule has 1 aromatic carbocycles. The maximum atomic E-state index is 12.9. The fraction of sp³-hybridized carbons (Fsp3) is 0.571. The molecule has 0 fully saturated rings. The molecule has 0 aromatic heterocycles. The normalized spacial score (nSPS) is 15.3. The predicted octanol–water partition coefficient (Wildman–Crippen LogP) is 2.57. The lowest BCUT2D eigenvalue weighted by atomic mass is 10.1. The maximum absolute atomic E-state index is 12.9. The van der Waals surface area contributed by atoms with E-state index in [0.717, 1.165) is 5.56 Å². The highest BCUT2D eigenvalue weighted by molar-refractivity contribution is 7.89. The van der Waals surface area contributed by atoms with Gasteiger partial charge in [-0.2, -0.15) is 4.31 Å². The highest BCUT2D eigenvalue weighted by atomic mass is 32.2. The molecule has 0 saturated carbocycles. The molecule has 0 saturated heterocycles. The minimum Gasteiger partial charge on any atom is -0.383 e. The van der Waals surface area contributed by atoms with Gasteiger partial charge in [0.1, 0.15) is 5.82 Å². The average Bonchev–Trinajstić information content (AvgIpc) is 2.40. The lowest BCUT2D eigenvalue weighted by Crippen LogP contribution is -2.40. The van der Waals surface area contributed by atoms with Gasteiger partial charge in [0.25, 0.3) is 0 Å². The van der Waals surface area contributed by atoms with E-state index in [1.807, 2.05) is 0 Å². The number of halogens is 1. The number of methoxy groups -OCH3 is 1. The average molecular weight is 303 g/mol. The van der Waals surface area contributed by atoms with Gasteiger partial charge in [-0.1, -0.05) is 19.1 Å². The molecule has 0 radical (unpaired) electrons. The minimum absolute atomic E-state index is 0.148. The van der Waals surface area contributed by atoms with E-state index >= 15 is 0 Å². The zero-order chi connectivity index (χ0) is 15.3. The fourth-order valence-electron chi connectivity index (χ4n) is 2.13. The van der Waals surface area contributed by atoms with Crippen LogP contribution in [0.25, 0.3) is 0 Å². The highest BCUT2D eigenvalue weighted by Gasteiger charge is 2.31. The van der Waals surface area contributed by atoms with Crippen LogP contribution in [-0.2, 0) is 14.8 Å². The second-order valence-corrected chi connectivity index (χ2v) is 7.05. The molecular weight excluding hydrogens is 281 g/mol. The van der Waals surface area contributed by atoms with E-state index in [-0.39, 0.29) is 18.5 Å². The van der Waals surface area contributed by atoms with Crippen LogP contribution in [0, 0.1) is 5.82 Å². The van der Waals surface area contributed by atoms with Gasteiger partial charge in [-0.15, -0.1) is 0 Å². The van der Waals surface area contributed by atoms with E-state index in [2.05, 4.69) is 0 Å². The zero-order valence-corrected chi connectivity index (χ0v) is 13.2. The summed E-state index contributed by atoms with van der Waals surface area (Å²) in [5, 5.41) is -0.615. The summed E-state index contributed by atoms with van der Waals surface area (Å²) in [5.74, 6) is -0.334. The molecule has 0 bridgehead atoms. The largest absolute Gasteiger partial charge is 0.383 e. The summed E-state index contributed by atoms with van der Waals surface area (Å²) < 4.78 is 44.3. The van der Waals surface area contributed by atoms with Crippen LogP contribution in [0.2, 0.25) is 0 Å². The quantitative estimate of drug-likeness (QED) is 0.778. The van der Waals surface area contributed by atoms with Crippen LogP contribution < -0.4 is 0 Å². The Morgan fingerprint density at radius 1 is 1.25 bits per heavy atom. The van der Waals surface area contributed by atoms with Gasteiger partial charge >= 0.3 is 0 Å². The lowest BCUT2D eigenvalue weighted by Gasteiger charge is -2.30. The van der Waals surface area contributed by atoms with Crippen molar-refractivity contribution in [2.75, 3.05) is 20.3 Å². The van der Waals surface area contributed by atoms with Crippen molar-refractivity contribution >= 4 is 10.0 Å². The van der Waals surface area contributed by atoms with Crippen LogP contribution in [0.4, 0.5) is 4.39 Å². The molecule has 0 N–H and O–H groups in total. The SMILES string of the molecule is CCN([C@@H](C)c1ccc(F)cc1)S(=O)(=O)[C@@H](C)COC. The van der Waals surface area contributed by atoms with Crippen LogP contribution in [0.3, 0.4) is 0 Å². The van der Waals surface area contributed by atoms with E-state index in [0.29, 0.717) is 6.54 Å². The first-order valence-corrected chi connectivity index (χ1v) is 8.10. The van der Waals surface area contributed by atoms with Crippen LogP contribution in [-0.4, -0.2) is 38.2 Å². The van der Waals surface area contributed by atoms with Crippen molar-refractivity contribution in [3.05, 3.63) is 35.6 Å². The Morgan fingerprint density at radius 2 is 1.80 bits per heavy atom. The second kappa shape index (κ2) is 7.15. The molecule has 0 heterocycles. The molecule has 0 amide bonds. The summed E-state index contributed by atoms with van der Waals surface area (Å²) >= 11 is 0. The van der Waals surface area contributed by atoms with Gasteiger partial charge in [-0.05, 0) is 31.5 Å². The van der Waals surface area contributed by atoms with E-state index in [1.54, 1.807) is 32.9 Å². The van der Waals surface area contributed by atoms with Gasteiger partial charge in [0.15, 0.2) is 0 Å². The molecule has 1 rings (SSSR count). The van der Waals surface area contributed by atoms with Crippen LogP contribution in [0.5, 0.6) is 0 Å². The van der Waals surface area contributed by atoms with Crippen molar-refractivity contribution in [3.8, 4) is 0 Å². The molecular formula is C14H22FNO3S. The molecule has 114 valence electrons. The molecule has 0 aliphatic rings. The molecule has 0 spiro atoms. The Kier molecular flexibility index (Phi) is 6.10. The van der Waals surface area contributed by atoms with Gasteiger partial charge in [0.2, 0.25) is 10.0 Å². The predicted molar refractivity (Wildman–Crippen MR) is 77.5 cm³/mol. The molecule has 2 atom stereocenters. The third-order valence-corrected chi connectivity index (χ3v) is 5.71. The second-order valence-electron chi connectivity index (χ2n) is 4.74. The van der Waals surface area contributed by atoms with E-state index in [4.69, 9.17) is 4.74 Å². The number of sulfonamides is 1. The first-order valence-electron chi connectivity index (χ1n) is 6.59. The first-order chi connectivity index (χ1) is 9.34. The van der Waals surface area contributed by atoms with E-state index in [9.17, 15) is 12.8 Å². The molecule has 6 heteroatoms.